The minimum Gasteiger partial charge on any atom is -0.376 e. The number of benzene rings is 1. The highest BCUT2D eigenvalue weighted by atomic mass is 79.9. The first-order valence-electron chi connectivity index (χ1n) is 7.84. The number of hydrogen-bond acceptors (Lipinski definition) is 5. The molecule has 0 saturated carbocycles. The summed E-state index contributed by atoms with van der Waals surface area (Å²) in [6.07, 6.45) is 2.54. The van der Waals surface area contributed by atoms with Gasteiger partial charge in [-0.2, -0.15) is 0 Å². The minimum atomic E-state index is 0.288. The van der Waals surface area contributed by atoms with E-state index < -0.39 is 0 Å². The third kappa shape index (κ3) is 4.42. The Kier molecular flexibility index (Phi) is 5.13. The number of aryl methyl sites for hydroxylation is 2. The van der Waals surface area contributed by atoms with Crippen molar-refractivity contribution in [3.05, 3.63) is 40.1 Å². The molecule has 1 saturated heterocycles. The van der Waals surface area contributed by atoms with Crippen molar-refractivity contribution >= 4 is 33.3 Å². The molecule has 0 amide bonds. The second-order valence-electron chi connectivity index (χ2n) is 5.79. The normalized spacial score (nSPS) is 17.3. The maximum absolute atomic E-state index is 5.63. The summed E-state index contributed by atoms with van der Waals surface area (Å²) in [5.74, 6) is 2.34. The Labute approximate surface area is 145 Å². The number of nitrogens with one attached hydrogen (secondary N) is 2. The van der Waals surface area contributed by atoms with E-state index in [4.69, 9.17) is 4.74 Å². The number of hydrogen-bond donors (Lipinski definition) is 2. The number of halogens is 1. The van der Waals surface area contributed by atoms with Crippen LogP contribution in [0.15, 0.2) is 28.7 Å². The summed E-state index contributed by atoms with van der Waals surface area (Å²) < 4.78 is 6.73. The number of anilines is 3. The summed E-state index contributed by atoms with van der Waals surface area (Å²) in [5.41, 5.74) is 2.19. The van der Waals surface area contributed by atoms with Gasteiger partial charge in [0.05, 0.1) is 6.10 Å². The van der Waals surface area contributed by atoms with Crippen LogP contribution in [-0.2, 0) is 4.74 Å². The van der Waals surface area contributed by atoms with E-state index in [0.717, 1.165) is 53.6 Å². The van der Waals surface area contributed by atoms with Crippen molar-refractivity contribution in [2.24, 2.45) is 0 Å². The standard InChI is InChI=1S/C17H21BrN4O/c1-11-8-13(5-6-15(11)18)22-17-9-16(20-12(2)21-17)19-10-14-4-3-7-23-14/h5-6,8-9,14H,3-4,7,10H2,1-2H3,(H2,19,20,21,22). The minimum absolute atomic E-state index is 0.288. The number of rotatable bonds is 5. The lowest BCUT2D eigenvalue weighted by Gasteiger charge is -2.13. The molecule has 2 heterocycles. The molecule has 1 atom stereocenters. The molecule has 6 heteroatoms. The van der Waals surface area contributed by atoms with Crippen LogP contribution in [0, 0.1) is 13.8 Å². The smallest absolute Gasteiger partial charge is 0.136 e. The van der Waals surface area contributed by atoms with Crippen LogP contribution in [0.5, 0.6) is 0 Å². The van der Waals surface area contributed by atoms with Crippen LogP contribution in [-0.4, -0.2) is 29.2 Å². The second kappa shape index (κ2) is 7.27. The maximum atomic E-state index is 5.63. The van der Waals surface area contributed by atoms with Gasteiger partial charge in [0.1, 0.15) is 17.5 Å². The summed E-state index contributed by atoms with van der Waals surface area (Å²) in [6, 6.07) is 8.07. The van der Waals surface area contributed by atoms with Crippen LogP contribution >= 0.6 is 15.9 Å². The molecule has 0 aliphatic carbocycles. The Morgan fingerprint density at radius 2 is 2.04 bits per heavy atom. The third-order valence-electron chi connectivity index (χ3n) is 3.80. The second-order valence-corrected chi connectivity index (χ2v) is 6.64. The summed E-state index contributed by atoms with van der Waals surface area (Å²) in [6.45, 7) is 5.61. The Hall–Kier alpha value is -1.66. The molecular weight excluding hydrogens is 356 g/mol. The molecule has 3 rings (SSSR count). The van der Waals surface area contributed by atoms with Gasteiger partial charge in [-0.25, -0.2) is 9.97 Å². The van der Waals surface area contributed by atoms with E-state index in [2.05, 4.69) is 49.5 Å². The molecule has 122 valence electrons. The zero-order valence-electron chi connectivity index (χ0n) is 13.4. The van der Waals surface area contributed by atoms with Crippen LogP contribution in [0.25, 0.3) is 0 Å². The molecular formula is C17H21BrN4O. The van der Waals surface area contributed by atoms with Gasteiger partial charge in [0.2, 0.25) is 0 Å². The summed E-state index contributed by atoms with van der Waals surface area (Å²) >= 11 is 3.52. The zero-order chi connectivity index (χ0) is 16.2. The average molecular weight is 377 g/mol. The van der Waals surface area contributed by atoms with E-state index in [1.54, 1.807) is 0 Å². The van der Waals surface area contributed by atoms with Gasteiger partial charge in [-0.1, -0.05) is 15.9 Å². The Morgan fingerprint density at radius 3 is 2.78 bits per heavy atom. The lowest BCUT2D eigenvalue weighted by Crippen LogP contribution is -2.19. The van der Waals surface area contributed by atoms with Crippen molar-refractivity contribution in [2.75, 3.05) is 23.8 Å². The van der Waals surface area contributed by atoms with Crippen LogP contribution in [0.3, 0.4) is 0 Å². The largest absolute Gasteiger partial charge is 0.376 e. The molecule has 1 aliphatic heterocycles. The lowest BCUT2D eigenvalue weighted by molar-refractivity contribution is 0.120. The van der Waals surface area contributed by atoms with Crippen molar-refractivity contribution in [1.29, 1.82) is 0 Å². The molecule has 1 fully saturated rings. The van der Waals surface area contributed by atoms with Gasteiger partial charge in [0.15, 0.2) is 0 Å². The lowest BCUT2D eigenvalue weighted by atomic mass is 10.2. The van der Waals surface area contributed by atoms with Crippen molar-refractivity contribution in [3.8, 4) is 0 Å². The van der Waals surface area contributed by atoms with E-state index in [1.165, 1.54) is 5.56 Å². The van der Waals surface area contributed by atoms with E-state index in [-0.39, 0.29) is 6.10 Å². The first kappa shape index (κ1) is 16.2. The fourth-order valence-electron chi connectivity index (χ4n) is 2.62. The van der Waals surface area contributed by atoms with Gasteiger partial charge in [-0.05, 0) is 50.5 Å². The quantitative estimate of drug-likeness (QED) is 0.818. The third-order valence-corrected chi connectivity index (χ3v) is 4.69. The summed E-state index contributed by atoms with van der Waals surface area (Å²) in [5, 5.41) is 6.69. The monoisotopic (exact) mass is 376 g/mol. The van der Waals surface area contributed by atoms with Crippen molar-refractivity contribution < 1.29 is 4.74 Å². The topological polar surface area (TPSA) is 59.1 Å². The Balaban J connectivity index is 1.70. The molecule has 1 unspecified atom stereocenters. The Morgan fingerprint density at radius 1 is 1.22 bits per heavy atom. The van der Waals surface area contributed by atoms with Gasteiger partial charge >= 0.3 is 0 Å². The van der Waals surface area contributed by atoms with Crippen LogP contribution in [0.1, 0.15) is 24.2 Å². The molecule has 1 aromatic heterocycles. The number of ether oxygens (including phenoxy) is 1. The predicted octanol–water partition coefficient (Wildman–Crippen LogP) is 4.19. The number of nitrogens with zero attached hydrogens (tertiary/aromatic N) is 2. The first-order chi connectivity index (χ1) is 11.1. The van der Waals surface area contributed by atoms with E-state index in [0.29, 0.717) is 0 Å². The molecule has 1 aliphatic rings. The SMILES string of the molecule is Cc1nc(NCC2CCCO2)cc(Nc2ccc(Br)c(C)c2)n1. The Bertz CT molecular complexity index is 686. The molecule has 0 spiro atoms. The van der Waals surface area contributed by atoms with E-state index in [9.17, 15) is 0 Å². The molecule has 5 nitrogen and oxygen atoms in total. The molecule has 2 N–H and O–H groups in total. The molecule has 1 aromatic carbocycles. The molecule has 2 aromatic rings. The molecule has 0 bridgehead atoms. The molecule has 23 heavy (non-hydrogen) atoms. The van der Waals surface area contributed by atoms with E-state index in [1.807, 2.05) is 25.1 Å². The summed E-state index contributed by atoms with van der Waals surface area (Å²) in [4.78, 5) is 8.90. The van der Waals surface area contributed by atoms with Gasteiger partial charge in [0.25, 0.3) is 0 Å². The van der Waals surface area contributed by atoms with E-state index >= 15 is 0 Å². The van der Waals surface area contributed by atoms with Crippen LogP contribution < -0.4 is 10.6 Å². The van der Waals surface area contributed by atoms with Gasteiger partial charge < -0.3 is 15.4 Å². The summed E-state index contributed by atoms with van der Waals surface area (Å²) in [7, 11) is 0. The highest BCUT2D eigenvalue weighted by Gasteiger charge is 2.15. The van der Waals surface area contributed by atoms with Crippen molar-refractivity contribution in [3.63, 3.8) is 0 Å². The fourth-order valence-corrected chi connectivity index (χ4v) is 2.86. The predicted molar refractivity (Wildman–Crippen MR) is 96.4 cm³/mol. The fraction of sp³-hybridized carbons (Fsp3) is 0.412. The highest BCUT2D eigenvalue weighted by Crippen LogP contribution is 2.23. The van der Waals surface area contributed by atoms with Crippen molar-refractivity contribution in [1.82, 2.24) is 9.97 Å². The van der Waals surface area contributed by atoms with Gasteiger partial charge in [-0.15, -0.1) is 0 Å². The zero-order valence-corrected chi connectivity index (χ0v) is 15.0. The van der Waals surface area contributed by atoms with Gasteiger partial charge in [-0.3, -0.25) is 0 Å². The average Bonchev–Trinajstić information content (AvgIpc) is 3.02. The molecule has 0 radical (unpaired) electrons. The van der Waals surface area contributed by atoms with Crippen LogP contribution in [0.4, 0.5) is 17.3 Å². The van der Waals surface area contributed by atoms with Crippen molar-refractivity contribution in [2.45, 2.75) is 32.8 Å². The maximum Gasteiger partial charge on any atom is 0.136 e. The van der Waals surface area contributed by atoms with Gasteiger partial charge in [0, 0.05) is 29.4 Å². The first-order valence-corrected chi connectivity index (χ1v) is 8.64. The van der Waals surface area contributed by atoms with Crippen LogP contribution in [0.2, 0.25) is 0 Å². The highest BCUT2D eigenvalue weighted by molar-refractivity contribution is 9.10. The number of aromatic nitrogens is 2.